The molecule has 1 aromatic heterocycles. The molecule has 0 spiro atoms. The van der Waals surface area contributed by atoms with Crippen molar-refractivity contribution in [2.75, 3.05) is 37.5 Å². The molecule has 0 saturated carbocycles. The molecule has 7 nitrogen and oxygen atoms in total. The Hall–Kier alpha value is -2.83. The van der Waals surface area contributed by atoms with Gasteiger partial charge in [0.2, 0.25) is 0 Å². The van der Waals surface area contributed by atoms with Gasteiger partial charge in [-0.1, -0.05) is 13.0 Å². The van der Waals surface area contributed by atoms with E-state index in [4.69, 9.17) is 9.47 Å². The van der Waals surface area contributed by atoms with Crippen LogP contribution in [0.15, 0.2) is 30.6 Å². The van der Waals surface area contributed by atoms with Crippen LogP contribution in [0.4, 0.5) is 11.6 Å². The molecule has 0 atom stereocenters. The Morgan fingerprint density at radius 3 is 2.65 bits per heavy atom. The maximum absolute atomic E-state index is 12.7. The third-order valence-electron chi connectivity index (χ3n) is 4.65. The maximum Gasteiger partial charge on any atom is 0.260 e. The number of benzene rings is 1. The quantitative estimate of drug-likeness (QED) is 0.887. The lowest BCUT2D eigenvalue weighted by Crippen LogP contribution is -2.33. The zero-order chi connectivity index (χ0) is 18.5. The number of anilines is 2. The summed E-state index contributed by atoms with van der Waals surface area (Å²) in [5.74, 6) is 2.63. The van der Waals surface area contributed by atoms with Crippen molar-refractivity contribution < 1.29 is 14.3 Å². The Labute approximate surface area is 153 Å². The average molecular weight is 356 g/mol. The molecule has 1 aromatic carbocycles. The molecule has 2 heterocycles. The van der Waals surface area contributed by atoms with Crippen LogP contribution >= 0.6 is 0 Å². The number of carbonyl (C=O) groups is 1. The SMILES string of the molecule is COc1cccc(C(=O)Nc2cc(N3CCC(C)CC3)ncn2)c1OC. The fourth-order valence-corrected chi connectivity index (χ4v) is 3.08. The molecule has 1 N–H and O–H groups in total. The summed E-state index contributed by atoms with van der Waals surface area (Å²) in [6, 6.07) is 6.98. The van der Waals surface area contributed by atoms with Gasteiger partial charge in [-0.3, -0.25) is 4.79 Å². The number of nitrogens with zero attached hydrogens (tertiary/aromatic N) is 3. The van der Waals surface area contributed by atoms with Gasteiger partial charge >= 0.3 is 0 Å². The van der Waals surface area contributed by atoms with Crippen molar-refractivity contribution in [1.29, 1.82) is 0 Å². The smallest absolute Gasteiger partial charge is 0.260 e. The summed E-state index contributed by atoms with van der Waals surface area (Å²) in [5, 5.41) is 2.82. The second kappa shape index (κ2) is 8.03. The Kier molecular flexibility index (Phi) is 5.55. The number of nitrogens with one attached hydrogen (secondary N) is 1. The third-order valence-corrected chi connectivity index (χ3v) is 4.65. The average Bonchev–Trinajstić information content (AvgIpc) is 2.68. The molecule has 2 aromatic rings. The van der Waals surface area contributed by atoms with Gasteiger partial charge in [-0.2, -0.15) is 0 Å². The van der Waals surface area contributed by atoms with Gasteiger partial charge in [-0.15, -0.1) is 0 Å². The summed E-state index contributed by atoms with van der Waals surface area (Å²) in [6.45, 7) is 4.20. The molecule has 138 valence electrons. The van der Waals surface area contributed by atoms with Gasteiger partial charge in [0.15, 0.2) is 11.5 Å². The number of piperidine rings is 1. The molecular weight excluding hydrogens is 332 g/mol. The monoisotopic (exact) mass is 356 g/mol. The van der Waals surface area contributed by atoms with Gasteiger partial charge in [-0.05, 0) is 30.9 Å². The molecule has 1 fully saturated rings. The van der Waals surface area contributed by atoms with E-state index in [1.165, 1.54) is 20.5 Å². The number of hydrogen-bond acceptors (Lipinski definition) is 6. The van der Waals surface area contributed by atoms with Crippen LogP contribution in [0.2, 0.25) is 0 Å². The van der Waals surface area contributed by atoms with Gasteiger partial charge in [0.25, 0.3) is 5.91 Å². The molecule has 3 rings (SSSR count). The summed E-state index contributed by atoms with van der Waals surface area (Å²) >= 11 is 0. The first-order chi connectivity index (χ1) is 12.6. The van der Waals surface area contributed by atoms with Gasteiger partial charge in [-0.25, -0.2) is 9.97 Å². The van der Waals surface area contributed by atoms with Crippen LogP contribution in [0.5, 0.6) is 11.5 Å². The lowest BCUT2D eigenvalue weighted by molar-refractivity contribution is 0.102. The number of hydrogen-bond donors (Lipinski definition) is 1. The molecule has 0 aliphatic carbocycles. The van der Waals surface area contributed by atoms with E-state index < -0.39 is 0 Å². The van der Waals surface area contributed by atoms with E-state index in [0.29, 0.717) is 22.9 Å². The van der Waals surface area contributed by atoms with Gasteiger partial charge < -0.3 is 19.7 Å². The molecule has 7 heteroatoms. The van der Waals surface area contributed by atoms with E-state index in [1.807, 2.05) is 0 Å². The highest BCUT2D eigenvalue weighted by Gasteiger charge is 2.19. The first kappa shape index (κ1) is 18.0. The van der Waals surface area contributed by atoms with Crippen molar-refractivity contribution in [2.45, 2.75) is 19.8 Å². The van der Waals surface area contributed by atoms with Gasteiger partial charge in [0, 0.05) is 19.2 Å². The minimum atomic E-state index is -0.308. The van der Waals surface area contributed by atoms with Gasteiger partial charge in [0.05, 0.1) is 19.8 Å². The summed E-state index contributed by atoms with van der Waals surface area (Å²) in [4.78, 5) is 23.4. The lowest BCUT2D eigenvalue weighted by atomic mass is 9.99. The third kappa shape index (κ3) is 3.87. The first-order valence-corrected chi connectivity index (χ1v) is 8.71. The van der Waals surface area contributed by atoms with E-state index in [1.54, 1.807) is 24.3 Å². The molecular formula is C19H24N4O3. The van der Waals surface area contributed by atoms with Crippen molar-refractivity contribution in [3.05, 3.63) is 36.2 Å². The van der Waals surface area contributed by atoms with Crippen molar-refractivity contribution in [3.63, 3.8) is 0 Å². The normalized spacial score (nSPS) is 14.8. The molecule has 1 aliphatic heterocycles. The topological polar surface area (TPSA) is 76.6 Å². The van der Waals surface area contributed by atoms with Crippen LogP contribution < -0.4 is 19.7 Å². The van der Waals surface area contributed by atoms with Crippen LogP contribution in [0.25, 0.3) is 0 Å². The van der Waals surface area contributed by atoms with E-state index in [0.717, 1.165) is 37.7 Å². The number of ether oxygens (including phenoxy) is 2. The summed E-state index contributed by atoms with van der Waals surface area (Å²) < 4.78 is 10.6. The highest BCUT2D eigenvalue weighted by Crippen LogP contribution is 2.31. The Bertz CT molecular complexity index is 773. The zero-order valence-electron chi connectivity index (χ0n) is 15.4. The Morgan fingerprint density at radius 2 is 1.96 bits per heavy atom. The number of rotatable bonds is 5. The van der Waals surface area contributed by atoms with Crippen LogP contribution in [-0.2, 0) is 0 Å². The predicted molar refractivity (Wildman–Crippen MR) is 100 cm³/mol. The van der Waals surface area contributed by atoms with Crippen molar-refractivity contribution >= 4 is 17.5 Å². The molecule has 1 saturated heterocycles. The first-order valence-electron chi connectivity index (χ1n) is 8.71. The van der Waals surface area contributed by atoms with E-state index >= 15 is 0 Å². The minimum absolute atomic E-state index is 0.308. The molecule has 1 amide bonds. The molecule has 1 aliphatic rings. The summed E-state index contributed by atoms with van der Waals surface area (Å²) in [5.41, 5.74) is 0.388. The second-order valence-electron chi connectivity index (χ2n) is 6.43. The fraction of sp³-hybridized carbons (Fsp3) is 0.421. The molecule has 26 heavy (non-hydrogen) atoms. The molecule has 0 radical (unpaired) electrons. The second-order valence-corrected chi connectivity index (χ2v) is 6.43. The summed E-state index contributed by atoms with van der Waals surface area (Å²) in [6.07, 6.45) is 3.77. The van der Waals surface area contributed by atoms with Crippen LogP contribution in [0.1, 0.15) is 30.1 Å². The molecule has 0 bridgehead atoms. The van der Waals surface area contributed by atoms with Crippen molar-refractivity contribution in [1.82, 2.24) is 9.97 Å². The lowest BCUT2D eigenvalue weighted by Gasteiger charge is -2.31. The fourth-order valence-electron chi connectivity index (χ4n) is 3.08. The Balaban J connectivity index is 1.77. The maximum atomic E-state index is 12.7. The minimum Gasteiger partial charge on any atom is -0.493 e. The number of methoxy groups -OCH3 is 2. The van der Waals surface area contributed by atoms with E-state index in [-0.39, 0.29) is 5.91 Å². The largest absolute Gasteiger partial charge is 0.493 e. The zero-order valence-corrected chi connectivity index (χ0v) is 15.4. The predicted octanol–water partition coefficient (Wildman–Crippen LogP) is 2.98. The highest BCUT2D eigenvalue weighted by atomic mass is 16.5. The van der Waals surface area contributed by atoms with Crippen LogP contribution in [0.3, 0.4) is 0 Å². The van der Waals surface area contributed by atoms with Crippen molar-refractivity contribution in [3.8, 4) is 11.5 Å². The van der Waals surface area contributed by atoms with Crippen molar-refractivity contribution in [2.24, 2.45) is 5.92 Å². The number of aromatic nitrogens is 2. The van der Waals surface area contributed by atoms with Gasteiger partial charge in [0.1, 0.15) is 18.0 Å². The standard InChI is InChI=1S/C19H24N4O3/c1-13-7-9-23(10-8-13)17-11-16(20-12-21-17)22-19(24)14-5-4-6-15(25-2)18(14)26-3/h4-6,11-13H,7-10H2,1-3H3,(H,20,21,22,24). The van der Waals surface area contributed by atoms with Crippen LogP contribution in [0, 0.1) is 5.92 Å². The number of para-hydroxylation sites is 1. The molecule has 0 unspecified atom stereocenters. The highest BCUT2D eigenvalue weighted by molar-refractivity contribution is 6.06. The van der Waals surface area contributed by atoms with E-state index in [2.05, 4.69) is 27.1 Å². The Morgan fingerprint density at radius 1 is 1.19 bits per heavy atom. The number of amides is 1. The number of carbonyl (C=O) groups excluding carboxylic acids is 1. The van der Waals surface area contributed by atoms with E-state index in [9.17, 15) is 4.79 Å². The summed E-state index contributed by atoms with van der Waals surface area (Å²) in [7, 11) is 3.05. The van der Waals surface area contributed by atoms with Crippen LogP contribution in [-0.4, -0.2) is 43.2 Å².